The first-order valence-electron chi connectivity index (χ1n) is 25.7. The molecular formula is C56H34F18N4O10S2. The Hall–Kier alpha value is -7.22. The van der Waals surface area contributed by atoms with E-state index in [1.54, 1.807) is 0 Å². The smallest absolute Gasteiger partial charge is 0.200 e. The van der Waals surface area contributed by atoms with E-state index in [9.17, 15) is 49.6 Å². The van der Waals surface area contributed by atoms with Gasteiger partial charge < -0.3 is 60.3 Å². The summed E-state index contributed by atoms with van der Waals surface area (Å²) in [5.41, 5.74) is -20.5. The summed E-state index contributed by atoms with van der Waals surface area (Å²) in [6.45, 7) is -2.20. The number of aliphatic hydroxyl groups excluding tert-OH is 8. The highest BCUT2D eigenvalue weighted by Gasteiger charge is 2.48. The standard InChI is InChI=1S/C56H34F18N4O10S2/c57-29-25(30(58)38(66)41(69)37(29)65)21-11-1-2-12(75-11)22(26-31(59)39(67)42(70)40(68)32(26)60)14-4-6-16(77-14)24(28-35(63)45(73)54(46(74)36(28)64)90-56-52(86)50(84)48(82)20(10-80)88-56)18-8-7-17(78-18)23(15-5-3-13(21)76-15)27-33(61)43(71)53(44(72)34(27)62)89-55-51(85)49(83)47(81)19(9-79)87-55/h1-8,11,19-21,47-52,55-56,76-77,79-86H,9-10H2/b22-14+,23-17+,24-16+/t11?,19-,20-,21-,47-,48?,49+,50+,51+,52+,55-,56-/m1/s1. The summed E-state index contributed by atoms with van der Waals surface area (Å²) in [5, 5.41) is 79.9. The fourth-order valence-corrected chi connectivity index (χ4v) is 12.9. The molecule has 5 aliphatic rings. The number of ether oxygens (including phenoxy) is 2. The summed E-state index contributed by atoms with van der Waals surface area (Å²) < 4.78 is 301. The number of nitrogens with zero attached hydrogens (tertiary/aromatic N) is 2. The van der Waals surface area contributed by atoms with Crippen molar-refractivity contribution in [2.24, 2.45) is 9.98 Å². The third-order valence-electron chi connectivity index (χ3n) is 15.2. The molecule has 0 aliphatic carbocycles. The topological polar surface area (TPSA) is 237 Å². The molecule has 10 N–H and O–H groups in total. The molecule has 0 amide bonds. The number of benzene rings is 4. The Bertz CT molecular complexity index is 4210. The number of aliphatic imine (C=N–C) groups is 2. The van der Waals surface area contributed by atoms with Crippen molar-refractivity contribution in [2.75, 3.05) is 13.2 Å². The van der Waals surface area contributed by atoms with Crippen molar-refractivity contribution in [1.29, 1.82) is 0 Å². The van der Waals surface area contributed by atoms with Crippen LogP contribution >= 0.6 is 23.5 Å². The molecule has 34 heteroatoms. The molecule has 5 aliphatic heterocycles. The third kappa shape index (κ3) is 10.2. The van der Waals surface area contributed by atoms with Crippen LogP contribution in [0, 0.1) is 105 Å². The number of H-pyrrole nitrogens is 2. The predicted molar refractivity (Wildman–Crippen MR) is 275 cm³/mol. The van der Waals surface area contributed by atoms with Crippen LogP contribution in [0.15, 0.2) is 74.0 Å². The van der Waals surface area contributed by atoms with Crippen LogP contribution in [-0.4, -0.2) is 141 Å². The maximum absolute atomic E-state index is 17.2. The number of fused-ring (bicyclic) bond motifs is 6. The monoisotopic (exact) mass is 1330 g/mol. The highest BCUT2D eigenvalue weighted by molar-refractivity contribution is 8.00. The zero-order valence-corrected chi connectivity index (χ0v) is 45.5. The molecule has 11 rings (SSSR count). The van der Waals surface area contributed by atoms with Gasteiger partial charge in [-0.25, -0.2) is 84.0 Å². The van der Waals surface area contributed by atoms with Crippen LogP contribution in [0.1, 0.15) is 39.6 Å². The number of hydrogen-bond acceptors (Lipinski definition) is 14. The van der Waals surface area contributed by atoms with Gasteiger partial charge in [0.15, 0.2) is 93.1 Å². The molecule has 0 saturated carbocycles. The van der Waals surface area contributed by atoms with E-state index in [1.165, 1.54) is 0 Å². The minimum atomic E-state index is -2.74. The molecule has 12 atom stereocenters. The second-order valence-corrected chi connectivity index (χ2v) is 22.5. The lowest BCUT2D eigenvalue weighted by atomic mass is 9.88. The second-order valence-electron chi connectivity index (χ2n) is 20.3. The Morgan fingerprint density at radius 1 is 0.411 bits per heavy atom. The average Bonchev–Trinajstić information content (AvgIpc) is 1.43. The van der Waals surface area contributed by atoms with Crippen LogP contribution in [0.5, 0.6) is 0 Å². The number of hydrogen-bond donors (Lipinski definition) is 10. The molecular weight excluding hydrogens is 1290 g/mol. The van der Waals surface area contributed by atoms with Gasteiger partial charge in [0.05, 0.1) is 68.8 Å². The quantitative estimate of drug-likeness (QED) is 0.0431. The fourth-order valence-electron chi connectivity index (χ4n) is 10.7. The van der Waals surface area contributed by atoms with E-state index in [-0.39, 0.29) is 23.5 Å². The van der Waals surface area contributed by atoms with Crippen LogP contribution in [0.25, 0.3) is 16.7 Å². The lowest BCUT2D eigenvalue weighted by Crippen LogP contribution is -2.57. The minimum absolute atomic E-state index is 0.339. The summed E-state index contributed by atoms with van der Waals surface area (Å²) >= 11 is -0.680. The van der Waals surface area contributed by atoms with Gasteiger partial charge in [0.1, 0.15) is 59.7 Å². The van der Waals surface area contributed by atoms with E-state index in [0.717, 1.165) is 0 Å². The molecule has 2 aromatic heterocycles. The molecule has 4 aromatic carbocycles. The number of halogens is 18. The van der Waals surface area contributed by atoms with Crippen molar-refractivity contribution in [3.8, 4) is 0 Å². The molecule has 0 spiro atoms. The van der Waals surface area contributed by atoms with E-state index in [2.05, 4.69) is 20.0 Å². The largest absolute Gasteiger partial charge is 0.394 e. The van der Waals surface area contributed by atoms with Gasteiger partial charge in [-0.3, -0.25) is 4.99 Å². The number of allylic oxidation sites excluding steroid dienone is 3. The summed E-state index contributed by atoms with van der Waals surface area (Å²) in [4.78, 5) is 9.59. The van der Waals surface area contributed by atoms with Gasteiger partial charge in [-0.1, -0.05) is 29.6 Å². The van der Waals surface area contributed by atoms with Crippen LogP contribution < -0.4 is 10.7 Å². The normalized spacial score (nSPS) is 27.9. The first kappa shape index (κ1) is 64.3. The second kappa shape index (κ2) is 24.1. The van der Waals surface area contributed by atoms with Crippen LogP contribution in [0.3, 0.4) is 0 Å². The summed E-state index contributed by atoms with van der Waals surface area (Å²) in [5.74, 6) is -48.2. The number of aromatic nitrogens is 2. The van der Waals surface area contributed by atoms with Gasteiger partial charge in [0.25, 0.3) is 0 Å². The van der Waals surface area contributed by atoms with Crippen molar-refractivity contribution in [2.45, 2.75) is 81.5 Å². The predicted octanol–water partition coefficient (Wildman–Crippen LogP) is 6.02. The molecule has 0 radical (unpaired) electrons. The molecule has 6 aromatic rings. The Morgan fingerprint density at radius 2 is 0.811 bits per heavy atom. The van der Waals surface area contributed by atoms with Crippen LogP contribution in [-0.2, 0) is 9.47 Å². The zero-order valence-electron chi connectivity index (χ0n) is 43.9. The summed E-state index contributed by atoms with van der Waals surface area (Å²) in [6.07, 6.45) is -14.1. The lowest BCUT2D eigenvalue weighted by Gasteiger charge is -2.39. The number of thioether (sulfide) groups is 2. The van der Waals surface area contributed by atoms with Crippen molar-refractivity contribution in [3.63, 3.8) is 0 Å². The number of nitrogens with one attached hydrogen (secondary N) is 2. The van der Waals surface area contributed by atoms with Crippen molar-refractivity contribution in [3.05, 3.63) is 203 Å². The Kier molecular flexibility index (Phi) is 17.2. The number of aliphatic hydroxyl groups is 8. The number of aromatic amines is 2. The van der Waals surface area contributed by atoms with Crippen LogP contribution in [0.4, 0.5) is 79.0 Å². The highest BCUT2D eigenvalue weighted by Crippen LogP contribution is 2.46. The van der Waals surface area contributed by atoms with Gasteiger partial charge in [0.2, 0.25) is 11.6 Å². The lowest BCUT2D eigenvalue weighted by molar-refractivity contribution is -0.205. The molecule has 14 nitrogen and oxygen atoms in total. The van der Waals surface area contributed by atoms with E-state index >= 15 is 70.2 Å². The summed E-state index contributed by atoms with van der Waals surface area (Å²) in [7, 11) is 0. The fraction of sp³-hybridized carbons (Fsp3) is 0.250. The maximum Gasteiger partial charge on any atom is 0.200 e. The van der Waals surface area contributed by atoms with Crippen molar-refractivity contribution < 1.29 is 129 Å². The van der Waals surface area contributed by atoms with E-state index in [0.29, 0.717) is 48.6 Å². The Morgan fingerprint density at radius 3 is 1.26 bits per heavy atom. The highest BCUT2D eigenvalue weighted by atomic mass is 32.2. The van der Waals surface area contributed by atoms with E-state index < -0.39 is 278 Å². The van der Waals surface area contributed by atoms with E-state index in [4.69, 9.17) is 9.47 Å². The SMILES string of the molecule is OC[C@H]1O[C@H](Sc2c(F)c(F)c(/C3=c4\cc/c([nH]4)=C(\c4c(F)c(F)c(F)c(F)c4F)C4=NC(C=C4)[C@@H](c4c(F)c(F)c(F)c(F)c4F)c4ccc([nH]4)/C(c4c(F)c(F)c(S[C@H]5O[C@H](CO)[C@@H](O)[C@H](O)[C@@H]5O)c(F)c4F)=C4/C=CC3=N4)c(F)c2F)[C@@H](O)[C@@H](O)C1O. The molecule has 2 fully saturated rings. The van der Waals surface area contributed by atoms with Crippen molar-refractivity contribution >= 4 is 51.7 Å². The van der Waals surface area contributed by atoms with Gasteiger partial charge in [-0.05, 0) is 42.5 Å². The van der Waals surface area contributed by atoms with Gasteiger partial charge in [-0.15, -0.1) is 0 Å². The molecule has 90 heavy (non-hydrogen) atoms. The third-order valence-corrected chi connectivity index (χ3v) is 17.6. The Balaban J connectivity index is 1.23. The maximum atomic E-state index is 17.2. The first-order valence-corrected chi connectivity index (χ1v) is 27.4. The molecule has 476 valence electrons. The number of rotatable bonds is 10. The minimum Gasteiger partial charge on any atom is -0.394 e. The summed E-state index contributed by atoms with van der Waals surface area (Å²) in [6, 6.07) is 0.393. The van der Waals surface area contributed by atoms with Crippen molar-refractivity contribution in [1.82, 2.24) is 9.97 Å². The van der Waals surface area contributed by atoms with Gasteiger partial charge >= 0.3 is 0 Å². The zero-order chi connectivity index (χ0) is 65.3. The molecule has 2 unspecified atom stereocenters. The van der Waals surface area contributed by atoms with Gasteiger partial charge in [0, 0.05) is 44.4 Å². The molecule has 2 saturated heterocycles. The van der Waals surface area contributed by atoms with E-state index in [1.807, 2.05) is 0 Å². The van der Waals surface area contributed by atoms with Gasteiger partial charge in [-0.2, -0.15) is 0 Å². The first-order chi connectivity index (χ1) is 42.6. The molecule has 7 heterocycles. The molecule has 8 bridgehead atoms. The van der Waals surface area contributed by atoms with Crippen LogP contribution in [0.2, 0.25) is 0 Å². The average molecular weight is 1330 g/mol. The Labute approximate surface area is 497 Å².